The molecule has 2 N–H and O–H groups in total. The largest absolute Gasteiger partial charge is 0.342 e. The molecule has 36 heavy (non-hydrogen) atoms. The van der Waals surface area contributed by atoms with Crippen LogP contribution >= 0.6 is 46.6 Å². The van der Waals surface area contributed by atoms with E-state index in [1.165, 1.54) is 24.3 Å². The lowest BCUT2D eigenvalue weighted by Crippen LogP contribution is -2.33. The highest BCUT2D eigenvalue weighted by Crippen LogP contribution is 2.28. The van der Waals surface area contributed by atoms with Gasteiger partial charge in [-0.3, -0.25) is 19.7 Å². The maximum Gasteiger partial charge on any atom is 0.271 e. The van der Waals surface area contributed by atoms with Crippen molar-refractivity contribution in [1.82, 2.24) is 20.1 Å². The number of amides is 2. The summed E-state index contributed by atoms with van der Waals surface area (Å²) in [6.07, 6.45) is 0. The van der Waals surface area contributed by atoms with Crippen LogP contribution in [0.5, 0.6) is 0 Å². The number of aromatic nitrogens is 3. The number of nitro benzene ring substituents is 1. The number of nitro groups is 1. The molecule has 0 aliphatic rings. The number of nitrogens with one attached hydrogen (secondary N) is 2. The quantitative estimate of drug-likeness (QED) is 0.196. The van der Waals surface area contributed by atoms with Crippen LogP contribution in [0.4, 0.5) is 11.4 Å². The molecule has 1 aromatic heterocycles. The van der Waals surface area contributed by atoms with Gasteiger partial charge < -0.3 is 15.2 Å². The molecule has 190 valence electrons. The van der Waals surface area contributed by atoms with Crippen LogP contribution in [0.3, 0.4) is 0 Å². The summed E-state index contributed by atoms with van der Waals surface area (Å²) in [5, 5.41) is 26.1. The van der Waals surface area contributed by atoms with E-state index in [0.29, 0.717) is 16.0 Å². The first kappa shape index (κ1) is 27.7. The molecule has 0 spiro atoms. The van der Waals surface area contributed by atoms with Gasteiger partial charge in [-0.15, -0.1) is 10.2 Å². The van der Waals surface area contributed by atoms with Gasteiger partial charge in [-0.2, -0.15) is 0 Å². The topological polar surface area (TPSA) is 132 Å². The van der Waals surface area contributed by atoms with E-state index in [0.717, 1.165) is 11.8 Å². The third kappa shape index (κ3) is 6.67. The Bertz CT molecular complexity index is 1320. The number of nitrogens with zero attached hydrogens (tertiary/aromatic N) is 4. The number of benzene rings is 2. The van der Waals surface area contributed by atoms with Crippen LogP contribution in [-0.2, 0) is 11.8 Å². The van der Waals surface area contributed by atoms with E-state index < -0.39 is 16.9 Å². The van der Waals surface area contributed by atoms with Crippen molar-refractivity contribution in [3.05, 3.63) is 73.0 Å². The van der Waals surface area contributed by atoms with E-state index in [-0.39, 0.29) is 44.6 Å². The fraction of sp³-hybridized carbons (Fsp3) is 0.273. The molecule has 2 amide bonds. The van der Waals surface area contributed by atoms with Gasteiger partial charge in [0.05, 0.1) is 38.0 Å². The SMILES string of the molecule is CC(C)[C@@H](NC(=O)c1ccc(Cl)cc1Cl)c1nnc(SCC(=O)Nc2cc([N+](=O)[O-])ccc2Cl)n1C. The lowest BCUT2D eigenvalue weighted by atomic mass is 10.0. The summed E-state index contributed by atoms with van der Waals surface area (Å²) in [7, 11) is 1.73. The maximum absolute atomic E-state index is 12.9. The standard InChI is InChI=1S/C22H21Cl3N6O4S/c1-11(2)19(27-21(33)14-6-4-12(23)8-16(14)25)20-28-29-22(30(20)3)36-10-18(32)26-17-9-13(31(34)35)5-7-15(17)24/h4-9,11,19H,10H2,1-3H3,(H,26,32)(H,27,33)/t19-/m1/s1. The summed E-state index contributed by atoms with van der Waals surface area (Å²) < 4.78 is 1.69. The Labute approximate surface area is 225 Å². The second kappa shape index (κ2) is 11.9. The van der Waals surface area contributed by atoms with Gasteiger partial charge >= 0.3 is 0 Å². The minimum Gasteiger partial charge on any atom is -0.342 e. The number of halogens is 3. The molecule has 14 heteroatoms. The predicted octanol–water partition coefficient (Wildman–Crippen LogP) is 5.54. The minimum absolute atomic E-state index is 0.0416. The molecular formula is C22H21Cl3N6O4S. The molecule has 0 saturated heterocycles. The monoisotopic (exact) mass is 570 g/mol. The lowest BCUT2D eigenvalue weighted by molar-refractivity contribution is -0.384. The molecule has 1 atom stereocenters. The van der Waals surface area contributed by atoms with Gasteiger partial charge in [-0.25, -0.2) is 0 Å². The molecule has 0 saturated carbocycles. The average Bonchev–Trinajstić information content (AvgIpc) is 3.16. The first-order chi connectivity index (χ1) is 17.0. The van der Waals surface area contributed by atoms with E-state index in [9.17, 15) is 19.7 Å². The molecule has 3 rings (SSSR count). The number of carbonyl (C=O) groups excluding carboxylic acids is 2. The van der Waals surface area contributed by atoms with Crippen molar-refractivity contribution < 1.29 is 14.5 Å². The molecule has 0 aliphatic heterocycles. The van der Waals surface area contributed by atoms with Crippen LogP contribution in [0.1, 0.15) is 36.1 Å². The van der Waals surface area contributed by atoms with Crippen LogP contribution < -0.4 is 10.6 Å². The van der Waals surface area contributed by atoms with Crippen molar-refractivity contribution in [2.75, 3.05) is 11.1 Å². The van der Waals surface area contributed by atoms with E-state index in [1.807, 2.05) is 13.8 Å². The smallest absolute Gasteiger partial charge is 0.271 e. The average molecular weight is 572 g/mol. The Morgan fingerprint density at radius 2 is 1.83 bits per heavy atom. The fourth-order valence-corrected chi connectivity index (χ4v) is 4.56. The van der Waals surface area contributed by atoms with Crippen molar-refractivity contribution >= 4 is 69.8 Å². The number of rotatable bonds is 9. The zero-order chi connectivity index (χ0) is 26.6. The summed E-state index contributed by atoms with van der Waals surface area (Å²) in [5.41, 5.74) is 0.223. The Balaban J connectivity index is 1.69. The Morgan fingerprint density at radius 1 is 1.11 bits per heavy atom. The van der Waals surface area contributed by atoms with E-state index in [1.54, 1.807) is 23.7 Å². The summed E-state index contributed by atoms with van der Waals surface area (Å²) in [6.45, 7) is 3.85. The van der Waals surface area contributed by atoms with Crippen molar-refractivity contribution in [3.8, 4) is 0 Å². The van der Waals surface area contributed by atoms with E-state index >= 15 is 0 Å². The van der Waals surface area contributed by atoms with Gasteiger partial charge in [0.1, 0.15) is 0 Å². The van der Waals surface area contributed by atoms with Gasteiger partial charge in [0.25, 0.3) is 11.6 Å². The number of anilines is 1. The first-order valence-corrected chi connectivity index (χ1v) is 12.6. The Kier molecular flexibility index (Phi) is 9.18. The molecule has 0 aliphatic carbocycles. The molecule has 1 heterocycles. The number of hydrogen-bond acceptors (Lipinski definition) is 7. The number of thioether (sulfide) groups is 1. The number of hydrogen-bond donors (Lipinski definition) is 2. The molecule has 0 bridgehead atoms. The van der Waals surface area contributed by atoms with Crippen molar-refractivity contribution in [2.45, 2.75) is 25.0 Å². The molecule has 0 unspecified atom stereocenters. The molecular weight excluding hydrogens is 551 g/mol. The fourth-order valence-electron chi connectivity index (χ4n) is 3.18. The highest BCUT2D eigenvalue weighted by atomic mass is 35.5. The van der Waals surface area contributed by atoms with E-state index in [2.05, 4.69) is 20.8 Å². The normalized spacial score (nSPS) is 11.9. The zero-order valence-electron chi connectivity index (χ0n) is 19.3. The van der Waals surface area contributed by atoms with E-state index in [4.69, 9.17) is 34.8 Å². The van der Waals surface area contributed by atoms with Gasteiger partial charge in [-0.1, -0.05) is 60.4 Å². The van der Waals surface area contributed by atoms with Crippen LogP contribution in [-0.4, -0.2) is 37.3 Å². The van der Waals surface area contributed by atoms with Crippen molar-refractivity contribution in [1.29, 1.82) is 0 Å². The summed E-state index contributed by atoms with van der Waals surface area (Å²) >= 11 is 19.2. The van der Waals surface area contributed by atoms with Crippen LogP contribution in [0.25, 0.3) is 0 Å². The van der Waals surface area contributed by atoms with Crippen LogP contribution in [0, 0.1) is 16.0 Å². The van der Waals surface area contributed by atoms with Crippen LogP contribution in [0.2, 0.25) is 15.1 Å². The summed E-state index contributed by atoms with van der Waals surface area (Å²) in [6, 6.07) is 7.90. The summed E-state index contributed by atoms with van der Waals surface area (Å²) in [4.78, 5) is 35.7. The Hall–Kier alpha value is -2.86. The number of carbonyl (C=O) groups is 2. The minimum atomic E-state index is -0.577. The molecule has 2 aromatic carbocycles. The van der Waals surface area contributed by atoms with Gasteiger partial charge in [0, 0.05) is 24.2 Å². The lowest BCUT2D eigenvalue weighted by Gasteiger charge is -2.22. The maximum atomic E-state index is 12.9. The van der Waals surface area contributed by atoms with Gasteiger partial charge in [0.15, 0.2) is 11.0 Å². The van der Waals surface area contributed by atoms with Crippen molar-refractivity contribution in [2.24, 2.45) is 13.0 Å². The second-order valence-electron chi connectivity index (χ2n) is 7.98. The van der Waals surface area contributed by atoms with Gasteiger partial charge in [-0.05, 0) is 30.2 Å². The zero-order valence-corrected chi connectivity index (χ0v) is 22.4. The number of non-ortho nitro benzene ring substituents is 1. The summed E-state index contributed by atoms with van der Waals surface area (Å²) in [5.74, 6) is -0.420. The second-order valence-corrected chi connectivity index (χ2v) is 10.2. The van der Waals surface area contributed by atoms with Crippen molar-refractivity contribution in [3.63, 3.8) is 0 Å². The van der Waals surface area contributed by atoms with Gasteiger partial charge in [0.2, 0.25) is 5.91 Å². The Morgan fingerprint density at radius 3 is 2.47 bits per heavy atom. The molecule has 10 nitrogen and oxygen atoms in total. The first-order valence-electron chi connectivity index (χ1n) is 10.5. The third-order valence-electron chi connectivity index (χ3n) is 5.04. The predicted molar refractivity (Wildman–Crippen MR) is 140 cm³/mol. The molecule has 3 aromatic rings. The third-order valence-corrected chi connectivity index (χ3v) is 6.94. The highest BCUT2D eigenvalue weighted by molar-refractivity contribution is 7.99. The van der Waals surface area contributed by atoms with Crippen LogP contribution in [0.15, 0.2) is 41.6 Å². The highest BCUT2D eigenvalue weighted by Gasteiger charge is 2.26. The molecule has 0 radical (unpaired) electrons. The molecule has 0 fully saturated rings.